The average molecular weight is 329 g/mol. The predicted octanol–water partition coefficient (Wildman–Crippen LogP) is 2.10. The Kier molecular flexibility index (Phi) is 6.12. The van der Waals surface area contributed by atoms with Crippen molar-refractivity contribution in [1.29, 1.82) is 0 Å². The Labute approximate surface area is 141 Å². The maximum absolute atomic E-state index is 12.0. The van der Waals surface area contributed by atoms with Gasteiger partial charge in [-0.25, -0.2) is 4.68 Å². The number of hydrogen-bond donors (Lipinski definition) is 1. The van der Waals surface area contributed by atoms with Gasteiger partial charge in [0.05, 0.1) is 17.8 Å². The number of esters is 1. The fourth-order valence-electron chi connectivity index (χ4n) is 2.41. The van der Waals surface area contributed by atoms with Crippen LogP contribution in [-0.2, 0) is 20.7 Å². The van der Waals surface area contributed by atoms with Crippen LogP contribution in [0.4, 0.5) is 0 Å². The summed E-state index contributed by atoms with van der Waals surface area (Å²) in [5, 5.41) is 7.17. The van der Waals surface area contributed by atoms with Gasteiger partial charge >= 0.3 is 5.97 Å². The minimum absolute atomic E-state index is 0.103. The number of carbonyl (C=O) groups is 2. The molecular weight excluding hydrogens is 306 g/mol. The summed E-state index contributed by atoms with van der Waals surface area (Å²) < 4.78 is 6.85. The molecule has 0 bridgehead atoms. The molecule has 128 valence electrons. The molecule has 1 aromatic heterocycles. The molecule has 2 aromatic rings. The summed E-state index contributed by atoms with van der Waals surface area (Å²) in [6.07, 6.45) is 0.947. The molecule has 0 aliphatic carbocycles. The van der Waals surface area contributed by atoms with E-state index in [1.807, 2.05) is 55.8 Å². The number of nitrogens with zero attached hydrogens (tertiary/aromatic N) is 2. The summed E-state index contributed by atoms with van der Waals surface area (Å²) >= 11 is 0. The van der Waals surface area contributed by atoms with Gasteiger partial charge in [-0.05, 0) is 32.4 Å². The Morgan fingerprint density at radius 3 is 2.58 bits per heavy atom. The van der Waals surface area contributed by atoms with E-state index >= 15 is 0 Å². The number of amides is 1. The van der Waals surface area contributed by atoms with E-state index in [-0.39, 0.29) is 18.9 Å². The largest absolute Gasteiger partial charge is 0.455 e. The zero-order chi connectivity index (χ0) is 17.5. The number of ether oxygens (including phenoxy) is 1. The Balaban J connectivity index is 2.01. The molecular formula is C18H23N3O3. The maximum Gasteiger partial charge on any atom is 0.310 e. The monoisotopic (exact) mass is 329 g/mol. The van der Waals surface area contributed by atoms with Gasteiger partial charge in [0.15, 0.2) is 6.61 Å². The highest BCUT2D eigenvalue weighted by Crippen LogP contribution is 2.18. The summed E-state index contributed by atoms with van der Waals surface area (Å²) in [6.45, 7) is 6.08. The third kappa shape index (κ3) is 4.44. The van der Waals surface area contributed by atoms with Gasteiger partial charge in [-0.3, -0.25) is 9.59 Å². The summed E-state index contributed by atoms with van der Waals surface area (Å²) in [7, 11) is 0. The third-order valence-corrected chi connectivity index (χ3v) is 3.70. The molecule has 2 rings (SSSR count). The van der Waals surface area contributed by atoms with E-state index in [1.165, 1.54) is 0 Å². The van der Waals surface area contributed by atoms with E-state index in [9.17, 15) is 9.59 Å². The normalized spacial score (nSPS) is 10.5. The van der Waals surface area contributed by atoms with Crippen molar-refractivity contribution in [1.82, 2.24) is 15.1 Å². The van der Waals surface area contributed by atoms with E-state index < -0.39 is 5.97 Å². The zero-order valence-electron chi connectivity index (χ0n) is 14.3. The number of aryl methyl sites for hydroxylation is 1. The van der Waals surface area contributed by atoms with Crippen molar-refractivity contribution in [2.45, 2.75) is 33.6 Å². The quantitative estimate of drug-likeness (QED) is 0.790. The van der Waals surface area contributed by atoms with Gasteiger partial charge in [0.1, 0.15) is 0 Å². The lowest BCUT2D eigenvalue weighted by Crippen LogP contribution is -2.29. The SMILES string of the molecule is CCCNC(=O)COC(=O)Cc1c(C)nn(-c2ccccc2)c1C. The summed E-state index contributed by atoms with van der Waals surface area (Å²) in [5.41, 5.74) is 3.45. The van der Waals surface area contributed by atoms with Crippen molar-refractivity contribution in [3.8, 4) is 5.69 Å². The third-order valence-electron chi connectivity index (χ3n) is 3.70. The first-order valence-electron chi connectivity index (χ1n) is 8.05. The fourth-order valence-corrected chi connectivity index (χ4v) is 2.41. The minimum Gasteiger partial charge on any atom is -0.455 e. The number of aromatic nitrogens is 2. The lowest BCUT2D eigenvalue weighted by molar-refractivity contribution is -0.147. The van der Waals surface area contributed by atoms with E-state index in [1.54, 1.807) is 0 Å². The zero-order valence-corrected chi connectivity index (χ0v) is 14.3. The molecule has 0 unspecified atom stereocenters. The fraction of sp³-hybridized carbons (Fsp3) is 0.389. The van der Waals surface area contributed by atoms with Crippen LogP contribution in [0.1, 0.15) is 30.3 Å². The summed E-state index contributed by atoms with van der Waals surface area (Å²) in [4.78, 5) is 23.5. The van der Waals surface area contributed by atoms with E-state index in [2.05, 4.69) is 10.4 Å². The number of rotatable bonds is 7. The molecule has 0 atom stereocenters. The lowest BCUT2D eigenvalue weighted by Gasteiger charge is -2.07. The molecule has 0 saturated heterocycles. The molecule has 0 fully saturated rings. The highest BCUT2D eigenvalue weighted by atomic mass is 16.5. The van der Waals surface area contributed by atoms with Crippen LogP contribution in [0.25, 0.3) is 5.69 Å². The van der Waals surface area contributed by atoms with Gasteiger partial charge in [-0.15, -0.1) is 0 Å². The molecule has 0 spiro atoms. The highest BCUT2D eigenvalue weighted by Gasteiger charge is 2.17. The Morgan fingerprint density at radius 2 is 1.92 bits per heavy atom. The molecule has 6 heteroatoms. The molecule has 0 aliphatic rings. The first-order valence-corrected chi connectivity index (χ1v) is 8.05. The molecule has 0 aliphatic heterocycles. The maximum atomic E-state index is 12.0. The van der Waals surface area contributed by atoms with Crippen molar-refractivity contribution in [2.24, 2.45) is 0 Å². The second-order valence-corrected chi connectivity index (χ2v) is 5.58. The molecule has 0 radical (unpaired) electrons. The Hall–Kier alpha value is -2.63. The van der Waals surface area contributed by atoms with Crippen molar-refractivity contribution in [3.63, 3.8) is 0 Å². The standard InChI is InChI=1S/C18H23N3O3/c1-4-10-19-17(22)12-24-18(23)11-16-13(2)20-21(14(16)3)15-8-6-5-7-9-15/h5-9H,4,10-12H2,1-3H3,(H,19,22). The number of carbonyl (C=O) groups excluding carboxylic acids is 2. The smallest absolute Gasteiger partial charge is 0.310 e. The van der Waals surface area contributed by atoms with Crippen LogP contribution in [0.2, 0.25) is 0 Å². The first kappa shape index (κ1) is 17.7. The highest BCUT2D eigenvalue weighted by molar-refractivity contribution is 5.81. The van der Waals surface area contributed by atoms with Crippen LogP contribution in [-0.4, -0.2) is 34.8 Å². The van der Waals surface area contributed by atoms with Crippen LogP contribution in [0.15, 0.2) is 30.3 Å². The predicted molar refractivity (Wildman–Crippen MR) is 91.0 cm³/mol. The Morgan fingerprint density at radius 1 is 1.21 bits per heavy atom. The van der Waals surface area contributed by atoms with E-state index in [4.69, 9.17) is 4.74 Å². The van der Waals surface area contributed by atoms with Crippen LogP contribution in [0.3, 0.4) is 0 Å². The second-order valence-electron chi connectivity index (χ2n) is 5.58. The van der Waals surface area contributed by atoms with E-state index in [0.717, 1.165) is 29.1 Å². The minimum atomic E-state index is -0.430. The molecule has 0 saturated carbocycles. The molecule has 1 aromatic carbocycles. The molecule has 24 heavy (non-hydrogen) atoms. The number of benzene rings is 1. The van der Waals surface area contributed by atoms with Crippen LogP contribution < -0.4 is 5.32 Å². The van der Waals surface area contributed by atoms with Crippen LogP contribution in [0, 0.1) is 13.8 Å². The Bertz CT molecular complexity index is 708. The number of hydrogen-bond acceptors (Lipinski definition) is 4. The molecule has 1 N–H and O–H groups in total. The van der Waals surface area contributed by atoms with Gasteiger partial charge in [0, 0.05) is 17.8 Å². The number of para-hydroxylation sites is 1. The van der Waals surface area contributed by atoms with Crippen molar-refractivity contribution in [3.05, 3.63) is 47.3 Å². The van der Waals surface area contributed by atoms with Gasteiger partial charge in [0.2, 0.25) is 0 Å². The first-order chi connectivity index (χ1) is 11.5. The van der Waals surface area contributed by atoms with Gasteiger partial charge in [0.25, 0.3) is 5.91 Å². The van der Waals surface area contributed by atoms with Crippen molar-refractivity contribution in [2.75, 3.05) is 13.2 Å². The molecule has 6 nitrogen and oxygen atoms in total. The van der Waals surface area contributed by atoms with Crippen molar-refractivity contribution < 1.29 is 14.3 Å². The topological polar surface area (TPSA) is 73.2 Å². The lowest BCUT2D eigenvalue weighted by atomic mass is 10.1. The van der Waals surface area contributed by atoms with Gasteiger partial charge < -0.3 is 10.1 Å². The van der Waals surface area contributed by atoms with Gasteiger partial charge in [-0.2, -0.15) is 5.10 Å². The van der Waals surface area contributed by atoms with Gasteiger partial charge in [-0.1, -0.05) is 25.1 Å². The second kappa shape index (κ2) is 8.29. The average Bonchev–Trinajstić information content (AvgIpc) is 2.87. The summed E-state index contributed by atoms with van der Waals surface area (Å²) in [6, 6.07) is 9.74. The van der Waals surface area contributed by atoms with Crippen LogP contribution >= 0.6 is 0 Å². The molecule has 1 amide bonds. The molecule has 1 heterocycles. The summed E-state index contributed by atoms with van der Waals surface area (Å²) in [5.74, 6) is -0.709. The van der Waals surface area contributed by atoms with E-state index in [0.29, 0.717) is 6.54 Å². The van der Waals surface area contributed by atoms with Crippen LogP contribution in [0.5, 0.6) is 0 Å². The van der Waals surface area contributed by atoms with Crippen molar-refractivity contribution >= 4 is 11.9 Å². The number of nitrogens with one attached hydrogen (secondary N) is 1.